The first-order valence-corrected chi connectivity index (χ1v) is 7.59. The number of nitro groups is 1. The first kappa shape index (κ1) is 19.5. The van der Waals surface area contributed by atoms with Gasteiger partial charge < -0.3 is 24.6 Å². The molecule has 2 N–H and O–H groups in total. The van der Waals surface area contributed by atoms with Crippen LogP contribution < -0.4 is 14.8 Å². The van der Waals surface area contributed by atoms with Crippen molar-refractivity contribution in [1.82, 2.24) is 0 Å². The maximum atomic E-state index is 11.7. The molecule has 10 nitrogen and oxygen atoms in total. The number of aromatic hydroxyl groups is 1. The number of phenolic OH excluding ortho intramolecular Hbond substituents is 1. The van der Waals surface area contributed by atoms with E-state index in [1.54, 1.807) is 0 Å². The van der Waals surface area contributed by atoms with E-state index in [0.29, 0.717) is 5.69 Å². The number of carbonyl (C=O) groups is 2. The number of rotatable bonds is 8. The second-order valence-electron chi connectivity index (χ2n) is 5.14. The Morgan fingerprint density at radius 2 is 1.85 bits per heavy atom. The maximum Gasteiger partial charge on any atom is 0.344 e. The number of nitrogens with one attached hydrogen (secondary N) is 1. The van der Waals surface area contributed by atoms with E-state index in [4.69, 9.17) is 19.3 Å². The van der Waals surface area contributed by atoms with Gasteiger partial charge in [-0.1, -0.05) is 0 Å². The molecule has 0 unspecified atom stereocenters. The fraction of sp³-hybridized carbons (Fsp3) is 0.176. The third kappa shape index (κ3) is 5.88. The molecule has 0 spiro atoms. The molecular formula is C17H16N2O8. The molecule has 0 aliphatic heterocycles. The summed E-state index contributed by atoms with van der Waals surface area (Å²) in [6.45, 7) is -1.01. The Hall–Kier alpha value is -3.82. The zero-order valence-electron chi connectivity index (χ0n) is 14.2. The van der Waals surface area contributed by atoms with E-state index in [-0.39, 0.29) is 22.9 Å². The molecule has 10 heteroatoms. The maximum absolute atomic E-state index is 11.7. The van der Waals surface area contributed by atoms with Crippen molar-refractivity contribution in [2.24, 2.45) is 0 Å². The predicted octanol–water partition coefficient (Wildman–Crippen LogP) is 1.87. The van der Waals surface area contributed by atoms with Gasteiger partial charge in [-0.15, -0.1) is 0 Å². The monoisotopic (exact) mass is 376 g/mol. The molecule has 0 fully saturated rings. The van der Waals surface area contributed by atoms with Gasteiger partial charge in [0.15, 0.2) is 13.2 Å². The summed E-state index contributed by atoms with van der Waals surface area (Å²) >= 11 is 0. The quantitative estimate of drug-likeness (QED) is 0.308. The minimum Gasteiger partial charge on any atom is -0.508 e. The number of hydrogen-bond acceptors (Lipinski definition) is 8. The molecule has 0 aliphatic rings. The summed E-state index contributed by atoms with van der Waals surface area (Å²) in [4.78, 5) is 33.5. The van der Waals surface area contributed by atoms with E-state index in [1.807, 2.05) is 0 Å². The number of amides is 1. The van der Waals surface area contributed by atoms with Crippen LogP contribution in [-0.4, -0.2) is 42.2 Å². The zero-order valence-corrected chi connectivity index (χ0v) is 14.2. The summed E-state index contributed by atoms with van der Waals surface area (Å²) in [5.74, 6) is -1.15. The first-order chi connectivity index (χ1) is 12.9. The second kappa shape index (κ2) is 9.04. The van der Waals surface area contributed by atoms with Crippen LogP contribution in [-0.2, 0) is 14.3 Å². The Kier molecular flexibility index (Phi) is 6.53. The number of hydrogen-bond donors (Lipinski definition) is 2. The lowest BCUT2D eigenvalue weighted by Gasteiger charge is -2.09. The summed E-state index contributed by atoms with van der Waals surface area (Å²) in [6, 6.07) is 9.53. The number of methoxy groups -OCH3 is 1. The highest BCUT2D eigenvalue weighted by atomic mass is 16.6. The van der Waals surface area contributed by atoms with Crippen molar-refractivity contribution in [3.63, 3.8) is 0 Å². The van der Waals surface area contributed by atoms with E-state index in [2.05, 4.69) is 5.32 Å². The number of benzene rings is 2. The molecule has 27 heavy (non-hydrogen) atoms. The topological polar surface area (TPSA) is 137 Å². The molecule has 0 aromatic heterocycles. The number of esters is 1. The molecule has 0 heterocycles. The molecule has 0 bridgehead atoms. The van der Waals surface area contributed by atoms with Crippen LogP contribution in [0.4, 0.5) is 11.4 Å². The molecule has 0 radical (unpaired) electrons. The van der Waals surface area contributed by atoms with Crippen molar-refractivity contribution in [1.29, 1.82) is 0 Å². The van der Waals surface area contributed by atoms with Gasteiger partial charge in [0.25, 0.3) is 5.91 Å². The number of carbonyl (C=O) groups excluding carboxylic acids is 2. The van der Waals surface area contributed by atoms with Gasteiger partial charge >= 0.3 is 11.7 Å². The Balaban J connectivity index is 1.79. The van der Waals surface area contributed by atoms with Gasteiger partial charge in [-0.05, 0) is 30.3 Å². The van der Waals surface area contributed by atoms with E-state index >= 15 is 0 Å². The molecule has 2 aromatic rings. The SMILES string of the molecule is COc1cc(OCC(=O)OCC(=O)Nc2ccc(O)cc2)ccc1[N+](=O)[O-]. The fourth-order valence-electron chi connectivity index (χ4n) is 1.97. The van der Waals surface area contributed by atoms with Gasteiger partial charge in [-0.2, -0.15) is 0 Å². The molecule has 2 aromatic carbocycles. The van der Waals surface area contributed by atoms with E-state index in [0.717, 1.165) is 0 Å². The molecule has 142 valence electrons. The van der Waals surface area contributed by atoms with Crippen LogP contribution in [0, 0.1) is 10.1 Å². The molecule has 0 aliphatic carbocycles. The van der Waals surface area contributed by atoms with E-state index in [1.165, 1.54) is 49.6 Å². The molecule has 2 rings (SSSR count). The minimum atomic E-state index is -0.798. The highest BCUT2D eigenvalue weighted by Gasteiger charge is 2.16. The van der Waals surface area contributed by atoms with Crippen molar-refractivity contribution in [2.75, 3.05) is 25.6 Å². The van der Waals surface area contributed by atoms with Crippen molar-refractivity contribution >= 4 is 23.3 Å². The van der Waals surface area contributed by atoms with Crippen molar-refractivity contribution in [3.8, 4) is 17.2 Å². The van der Waals surface area contributed by atoms with Crippen LogP contribution in [0.15, 0.2) is 42.5 Å². The summed E-state index contributed by atoms with van der Waals surface area (Å²) in [7, 11) is 1.27. The summed E-state index contributed by atoms with van der Waals surface area (Å²) < 4.78 is 14.8. The Morgan fingerprint density at radius 1 is 1.15 bits per heavy atom. The van der Waals surface area contributed by atoms with Gasteiger partial charge in [0, 0.05) is 17.8 Å². The van der Waals surface area contributed by atoms with E-state index < -0.39 is 30.0 Å². The number of nitro benzene ring substituents is 1. The van der Waals surface area contributed by atoms with Gasteiger partial charge in [0.2, 0.25) is 5.75 Å². The normalized spacial score (nSPS) is 9.96. The third-order valence-electron chi connectivity index (χ3n) is 3.22. The summed E-state index contributed by atoms with van der Waals surface area (Å²) in [6.07, 6.45) is 0. The van der Waals surface area contributed by atoms with Crippen molar-refractivity contribution in [3.05, 3.63) is 52.6 Å². The van der Waals surface area contributed by atoms with Crippen LogP contribution in [0.1, 0.15) is 0 Å². The van der Waals surface area contributed by atoms with Crippen molar-refractivity contribution in [2.45, 2.75) is 0 Å². The van der Waals surface area contributed by atoms with Crippen LogP contribution >= 0.6 is 0 Å². The number of anilines is 1. The Bertz CT molecular complexity index is 835. The Labute approximate surface area is 153 Å². The van der Waals surface area contributed by atoms with Crippen molar-refractivity contribution < 1.29 is 33.8 Å². The first-order valence-electron chi connectivity index (χ1n) is 7.59. The minimum absolute atomic E-state index is 0.0147. The smallest absolute Gasteiger partial charge is 0.344 e. The largest absolute Gasteiger partial charge is 0.508 e. The molecule has 0 saturated heterocycles. The number of phenols is 1. The van der Waals surface area contributed by atoms with Gasteiger partial charge in [0.1, 0.15) is 11.5 Å². The van der Waals surface area contributed by atoms with Gasteiger partial charge in [-0.25, -0.2) is 4.79 Å². The highest BCUT2D eigenvalue weighted by molar-refractivity contribution is 5.92. The molecule has 0 saturated carbocycles. The lowest BCUT2D eigenvalue weighted by molar-refractivity contribution is -0.385. The third-order valence-corrected chi connectivity index (χ3v) is 3.22. The molecule has 1 amide bonds. The number of nitrogens with zero attached hydrogens (tertiary/aromatic N) is 1. The van der Waals surface area contributed by atoms with Crippen LogP contribution in [0.5, 0.6) is 17.2 Å². The lowest BCUT2D eigenvalue weighted by Crippen LogP contribution is -2.23. The number of ether oxygens (including phenoxy) is 3. The average molecular weight is 376 g/mol. The lowest BCUT2D eigenvalue weighted by atomic mass is 10.3. The fourth-order valence-corrected chi connectivity index (χ4v) is 1.97. The average Bonchev–Trinajstić information content (AvgIpc) is 2.66. The molecule has 0 atom stereocenters. The van der Waals surface area contributed by atoms with Gasteiger partial charge in [-0.3, -0.25) is 14.9 Å². The Morgan fingerprint density at radius 3 is 2.48 bits per heavy atom. The van der Waals surface area contributed by atoms with Crippen LogP contribution in [0.2, 0.25) is 0 Å². The van der Waals surface area contributed by atoms with Crippen LogP contribution in [0.3, 0.4) is 0 Å². The molecular weight excluding hydrogens is 360 g/mol. The standard InChI is InChI=1S/C17H16N2O8/c1-25-15-8-13(6-7-14(15)19(23)24)26-10-17(22)27-9-16(21)18-11-2-4-12(20)5-3-11/h2-8,20H,9-10H2,1H3,(H,18,21). The summed E-state index contributed by atoms with van der Waals surface area (Å²) in [5, 5.41) is 22.5. The van der Waals surface area contributed by atoms with Crippen LogP contribution in [0.25, 0.3) is 0 Å². The second-order valence-corrected chi connectivity index (χ2v) is 5.14. The van der Waals surface area contributed by atoms with E-state index in [9.17, 15) is 19.7 Å². The highest BCUT2D eigenvalue weighted by Crippen LogP contribution is 2.30. The van der Waals surface area contributed by atoms with Gasteiger partial charge in [0.05, 0.1) is 12.0 Å². The predicted molar refractivity (Wildman–Crippen MR) is 92.8 cm³/mol. The zero-order chi connectivity index (χ0) is 19.8. The summed E-state index contributed by atoms with van der Waals surface area (Å²) in [5.41, 5.74) is 0.196.